The van der Waals surface area contributed by atoms with E-state index in [0.717, 1.165) is 37.7 Å². The monoisotopic (exact) mass is 273 g/mol. The Balaban J connectivity index is 1.87. The summed E-state index contributed by atoms with van der Waals surface area (Å²) in [4.78, 5) is 3.01. The normalized spacial score (nSPS) is 19.1. The van der Waals surface area contributed by atoms with Crippen molar-refractivity contribution in [3.63, 3.8) is 0 Å². The molecule has 1 unspecified atom stereocenters. The van der Waals surface area contributed by atoms with Crippen LogP contribution in [-0.4, -0.2) is 47.7 Å². The summed E-state index contributed by atoms with van der Waals surface area (Å²) in [7, 11) is -1.01. The smallest absolute Gasteiger partial charge is 0.0594 e. The van der Waals surface area contributed by atoms with Gasteiger partial charge in [-0.3, -0.25) is 9.11 Å². The number of ether oxygens (including phenoxy) is 1. The lowest BCUT2D eigenvalue weighted by atomic mass is 10.4. The zero-order valence-electron chi connectivity index (χ0n) is 9.60. The molecule has 1 saturated heterocycles. The Morgan fingerprint density at radius 3 is 2.71 bits per heavy atom. The van der Waals surface area contributed by atoms with E-state index in [4.69, 9.17) is 16.3 Å². The number of nitrogens with zero attached hydrogens (tertiary/aromatic N) is 1. The van der Waals surface area contributed by atoms with Crippen LogP contribution in [-0.2, 0) is 15.5 Å². The van der Waals surface area contributed by atoms with Crippen molar-refractivity contribution in [1.29, 1.82) is 0 Å². The van der Waals surface area contributed by atoms with Crippen molar-refractivity contribution in [3.05, 3.63) is 29.3 Å². The Kier molecular flexibility index (Phi) is 4.98. The van der Waals surface area contributed by atoms with Crippen LogP contribution in [0.25, 0.3) is 0 Å². The minimum atomic E-state index is -1.01. The number of morpholine rings is 1. The molecule has 1 aromatic carbocycles. The van der Waals surface area contributed by atoms with E-state index in [9.17, 15) is 4.21 Å². The van der Waals surface area contributed by atoms with Crippen LogP contribution >= 0.6 is 11.6 Å². The number of rotatable bonds is 4. The van der Waals surface area contributed by atoms with Crippen LogP contribution in [0.4, 0.5) is 0 Å². The average Bonchev–Trinajstić information content (AvgIpc) is 2.38. The van der Waals surface area contributed by atoms with E-state index in [0.29, 0.717) is 10.8 Å². The maximum Gasteiger partial charge on any atom is 0.0594 e. The van der Waals surface area contributed by atoms with E-state index in [1.54, 1.807) is 6.07 Å². The lowest BCUT2D eigenvalue weighted by Gasteiger charge is -2.26. The molecule has 17 heavy (non-hydrogen) atoms. The van der Waals surface area contributed by atoms with Gasteiger partial charge in [-0.25, -0.2) is 0 Å². The summed E-state index contributed by atoms with van der Waals surface area (Å²) in [6.07, 6.45) is 0. The fourth-order valence-electron chi connectivity index (χ4n) is 1.78. The van der Waals surface area contributed by atoms with Crippen LogP contribution in [0.5, 0.6) is 0 Å². The molecule has 0 radical (unpaired) electrons. The predicted molar refractivity (Wildman–Crippen MR) is 70.0 cm³/mol. The molecule has 1 heterocycles. The third-order valence-corrected chi connectivity index (χ3v) is 4.62. The van der Waals surface area contributed by atoms with Crippen molar-refractivity contribution in [2.75, 3.05) is 38.6 Å². The highest BCUT2D eigenvalue weighted by atomic mass is 35.5. The molecular weight excluding hydrogens is 258 g/mol. The Labute approximate surface area is 109 Å². The minimum absolute atomic E-state index is 0.591. The first kappa shape index (κ1) is 13.0. The van der Waals surface area contributed by atoms with Crippen molar-refractivity contribution >= 4 is 22.4 Å². The molecule has 5 heteroatoms. The van der Waals surface area contributed by atoms with Crippen molar-refractivity contribution in [2.45, 2.75) is 4.90 Å². The van der Waals surface area contributed by atoms with Crippen molar-refractivity contribution in [3.8, 4) is 0 Å². The van der Waals surface area contributed by atoms with Crippen molar-refractivity contribution in [2.24, 2.45) is 0 Å². The largest absolute Gasteiger partial charge is 0.379 e. The van der Waals surface area contributed by atoms with Gasteiger partial charge in [0.05, 0.1) is 33.9 Å². The van der Waals surface area contributed by atoms with Crippen LogP contribution in [0.1, 0.15) is 0 Å². The number of benzene rings is 1. The van der Waals surface area contributed by atoms with Crippen molar-refractivity contribution in [1.82, 2.24) is 4.90 Å². The third-order valence-electron chi connectivity index (χ3n) is 2.78. The van der Waals surface area contributed by atoms with Gasteiger partial charge in [0.2, 0.25) is 0 Å². The molecule has 0 aromatic heterocycles. The molecule has 0 spiro atoms. The number of hydrogen-bond donors (Lipinski definition) is 0. The molecule has 0 N–H and O–H groups in total. The molecule has 0 aliphatic carbocycles. The second-order valence-electron chi connectivity index (χ2n) is 3.93. The molecule has 1 aromatic rings. The standard InChI is InChI=1S/C12H16ClNO2S/c13-11-3-1-2-4-12(11)17(15)10-7-14-5-8-16-9-6-14/h1-4H,5-10H2. The van der Waals surface area contributed by atoms with Gasteiger partial charge in [0, 0.05) is 25.4 Å². The van der Waals surface area contributed by atoms with Crippen LogP contribution in [0, 0.1) is 0 Å². The summed E-state index contributed by atoms with van der Waals surface area (Å²) in [5, 5.41) is 0.591. The predicted octanol–water partition coefficient (Wildman–Crippen LogP) is 1.78. The Hall–Kier alpha value is -0.420. The highest BCUT2D eigenvalue weighted by Crippen LogP contribution is 2.19. The molecule has 2 rings (SSSR count). The maximum absolute atomic E-state index is 12.1. The molecule has 1 aliphatic rings. The van der Waals surface area contributed by atoms with E-state index in [2.05, 4.69) is 4.90 Å². The summed E-state index contributed by atoms with van der Waals surface area (Å²) >= 11 is 6.01. The molecule has 1 atom stereocenters. The van der Waals surface area contributed by atoms with E-state index in [1.165, 1.54) is 0 Å². The van der Waals surface area contributed by atoms with Gasteiger partial charge in [0.15, 0.2) is 0 Å². The summed E-state index contributed by atoms with van der Waals surface area (Å²) in [5.74, 6) is 0.629. The maximum atomic E-state index is 12.1. The van der Waals surface area contributed by atoms with Gasteiger partial charge < -0.3 is 4.74 Å². The van der Waals surface area contributed by atoms with E-state index in [1.807, 2.05) is 18.2 Å². The van der Waals surface area contributed by atoms with Gasteiger partial charge in [-0.1, -0.05) is 23.7 Å². The summed E-state index contributed by atoms with van der Waals surface area (Å²) in [5.41, 5.74) is 0. The van der Waals surface area contributed by atoms with Crippen LogP contribution in [0.15, 0.2) is 29.2 Å². The molecule has 0 bridgehead atoms. The number of hydrogen-bond acceptors (Lipinski definition) is 3. The topological polar surface area (TPSA) is 29.5 Å². The number of halogens is 1. The van der Waals surface area contributed by atoms with E-state index < -0.39 is 10.8 Å². The first-order chi connectivity index (χ1) is 8.27. The van der Waals surface area contributed by atoms with Crippen LogP contribution in [0.2, 0.25) is 5.02 Å². The van der Waals surface area contributed by atoms with Gasteiger partial charge in [-0.2, -0.15) is 0 Å². The SMILES string of the molecule is O=S(CCN1CCOCC1)c1ccccc1Cl. The highest BCUT2D eigenvalue weighted by molar-refractivity contribution is 7.85. The summed E-state index contributed by atoms with van der Waals surface area (Å²) < 4.78 is 17.3. The average molecular weight is 274 g/mol. The molecule has 1 fully saturated rings. The van der Waals surface area contributed by atoms with Crippen LogP contribution in [0.3, 0.4) is 0 Å². The van der Waals surface area contributed by atoms with Crippen LogP contribution < -0.4 is 0 Å². The van der Waals surface area contributed by atoms with E-state index in [-0.39, 0.29) is 0 Å². The van der Waals surface area contributed by atoms with E-state index >= 15 is 0 Å². The summed E-state index contributed by atoms with van der Waals surface area (Å²) in [6, 6.07) is 7.33. The molecule has 0 saturated carbocycles. The Morgan fingerprint density at radius 1 is 1.29 bits per heavy atom. The molecular formula is C12H16ClNO2S. The molecule has 3 nitrogen and oxygen atoms in total. The summed E-state index contributed by atoms with van der Waals surface area (Å²) in [6.45, 7) is 4.25. The first-order valence-electron chi connectivity index (χ1n) is 5.70. The highest BCUT2D eigenvalue weighted by Gasteiger charge is 2.13. The lowest BCUT2D eigenvalue weighted by Crippen LogP contribution is -2.38. The van der Waals surface area contributed by atoms with Gasteiger partial charge >= 0.3 is 0 Å². The second-order valence-corrected chi connectivity index (χ2v) is 5.88. The van der Waals surface area contributed by atoms with Crippen molar-refractivity contribution < 1.29 is 8.95 Å². The molecule has 0 amide bonds. The fraction of sp³-hybridized carbons (Fsp3) is 0.500. The van der Waals surface area contributed by atoms with Gasteiger partial charge in [0.1, 0.15) is 0 Å². The Morgan fingerprint density at radius 2 is 2.00 bits per heavy atom. The van der Waals surface area contributed by atoms with Gasteiger partial charge in [-0.15, -0.1) is 0 Å². The van der Waals surface area contributed by atoms with Gasteiger partial charge in [0.25, 0.3) is 0 Å². The quantitative estimate of drug-likeness (QED) is 0.838. The fourth-order valence-corrected chi connectivity index (χ4v) is 3.33. The second kappa shape index (κ2) is 6.50. The third kappa shape index (κ3) is 3.78. The van der Waals surface area contributed by atoms with Gasteiger partial charge in [-0.05, 0) is 12.1 Å². The zero-order chi connectivity index (χ0) is 12.1. The lowest BCUT2D eigenvalue weighted by molar-refractivity contribution is 0.0409. The molecule has 1 aliphatic heterocycles. The molecule has 94 valence electrons. The zero-order valence-corrected chi connectivity index (χ0v) is 11.2. The Bertz CT molecular complexity index is 394. The minimum Gasteiger partial charge on any atom is -0.379 e. The first-order valence-corrected chi connectivity index (χ1v) is 7.40.